The normalized spacial score (nSPS) is 17.1. The third-order valence-corrected chi connectivity index (χ3v) is 4.18. The quantitative estimate of drug-likeness (QED) is 0.755. The molecule has 0 saturated carbocycles. The number of H-pyrrole nitrogens is 1. The summed E-state index contributed by atoms with van der Waals surface area (Å²) in [4.78, 5) is 13.9. The smallest absolute Gasteiger partial charge is 0.408 e. The van der Waals surface area contributed by atoms with Gasteiger partial charge in [-0.2, -0.15) is 0 Å². The van der Waals surface area contributed by atoms with Crippen molar-refractivity contribution in [2.75, 3.05) is 5.32 Å². The van der Waals surface area contributed by atoms with Gasteiger partial charge < -0.3 is 9.73 Å². The van der Waals surface area contributed by atoms with Crippen molar-refractivity contribution in [3.63, 3.8) is 0 Å². The van der Waals surface area contributed by atoms with E-state index >= 15 is 0 Å². The minimum atomic E-state index is -0.428. The molecule has 3 aromatic rings. The second kappa shape index (κ2) is 4.67. The SMILES string of the molecule is O=c1[nH]c2cc(NC3CCc4cc(Cl)ccc43)ccc2o1. The lowest BCUT2D eigenvalue weighted by Crippen LogP contribution is -2.06. The molecule has 0 amide bonds. The first-order chi connectivity index (χ1) is 10.2. The number of hydrogen-bond acceptors (Lipinski definition) is 3. The fourth-order valence-electron chi connectivity index (χ4n) is 2.98. The van der Waals surface area contributed by atoms with Crippen molar-refractivity contribution in [3.05, 3.63) is 63.1 Å². The first kappa shape index (κ1) is 12.5. The predicted molar refractivity (Wildman–Crippen MR) is 83.0 cm³/mol. The number of nitrogens with one attached hydrogen (secondary N) is 2. The van der Waals surface area contributed by atoms with Crippen LogP contribution >= 0.6 is 11.6 Å². The van der Waals surface area contributed by atoms with Crippen molar-refractivity contribution in [1.29, 1.82) is 0 Å². The maximum absolute atomic E-state index is 11.2. The molecule has 4 rings (SSSR count). The third-order valence-electron chi connectivity index (χ3n) is 3.94. The molecule has 0 fully saturated rings. The molecule has 2 N–H and O–H groups in total. The largest absolute Gasteiger partial charge is 0.417 e. The molecule has 1 aromatic heterocycles. The van der Waals surface area contributed by atoms with Gasteiger partial charge in [-0.25, -0.2) is 4.79 Å². The maximum Gasteiger partial charge on any atom is 0.417 e. The van der Waals surface area contributed by atoms with E-state index in [1.165, 1.54) is 11.1 Å². The zero-order valence-corrected chi connectivity index (χ0v) is 11.9. The monoisotopic (exact) mass is 300 g/mol. The molecule has 1 heterocycles. The van der Waals surface area contributed by atoms with Crippen molar-refractivity contribution in [1.82, 2.24) is 4.98 Å². The summed E-state index contributed by atoms with van der Waals surface area (Å²) < 4.78 is 5.01. The van der Waals surface area contributed by atoms with Crippen molar-refractivity contribution in [2.24, 2.45) is 0 Å². The molecule has 21 heavy (non-hydrogen) atoms. The number of oxazole rings is 1. The van der Waals surface area contributed by atoms with E-state index in [1.807, 2.05) is 24.3 Å². The Morgan fingerprint density at radius 1 is 1.24 bits per heavy atom. The molecule has 0 aliphatic heterocycles. The van der Waals surface area contributed by atoms with Gasteiger partial charge in [-0.1, -0.05) is 17.7 Å². The van der Waals surface area contributed by atoms with Crippen LogP contribution in [0.2, 0.25) is 5.02 Å². The summed E-state index contributed by atoms with van der Waals surface area (Å²) >= 11 is 6.03. The topological polar surface area (TPSA) is 58.0 Å². The standard InChI is InChI=1S/C16H13ClN2O2/c17-10-2-4-12-9(7-10)1-5-13(12)18-11-3-6-15-14(8-11)19-16(20)21-15/h2-4,6-8,13,18H,1,5H2,(H,19,20). The van der Waals surface area contributed by atoms with Gasteiger partial charge in [-0.05, 0) is 54.3 Å². The summed E-state index contributed by atoms with van der Waals surface area (Å²) in [6.07, 6.45) is 2.06. The van der Waals surface area contributed by atoms with Crippen LogP contribution in [0.3, 0.4) is 0 Å². The van der Waals surface area contributed by atoms with E-state index in [9.17, 15) is 4.79 Å². The van der Waals surface area contributed by atoms with Crippen LogP contribution in [0.5, 0.6) is 0 Å². The van der Waals surface area contributed by atoms with Gasteiger partial charge in [0.25, 0.3) is 0 Å². The molecule has 0 spiro atoms. The lowest BCUT2D eigenvalue weighted by molar-refractivity contribution is 0.555. The predicted octanol–water partition coefficient (Wildman–Crippen LogP) is 3.87. The number of hydrogen-bond donors (Lipinski definition) is 2. The molecule has 1 aliphatic rings. The zero-order valence-electron chi connectivity index (χ0n) is 11.2. The zero-order chi connectivity index (χ0) is 14.4. The van der Waals surface area contributed by atoms with Gasteiger partial charge in [-0.15, -0.1) is 0 Å². The molecule has 0 radical (unpaired) electrons. The summed E-state index contributed by atoms with van der Waals surface area (Å²) in [5, 5.41) is 4.30. The number of aromatic amines is 1. The summed E-state index contributed by atoms with van der Waals surface area (Å²) in [5.74, 6) is -0.428. The Kier molecular flexibility index (Phi) is 2.79. The second-order valence-corrected chi connectivity index (χ2v) is 5.74. The highest BCUT2D eigenvalue weighted by Crippen LogP contribution is 2.35. The van der Waals surface area contributed by atoms with Crippen LogP contribution in [0.15, 0.2) is 45.6 Å². The van der Waals surface area contributed by atoms with Gasteiger partial charge in [0.15, 0.2) is 5.58 Å². The van der Waals surface area contributed by atoms with Gasteiger partial charge in [0.1, 0.15) is 0 Å². The van der Waals surface area contributed by atoms with Crippen molar-refractivity contribution in [3.8, 4) is 0 Å². The van der Waals surface area contributed by atoms with E-state index in [-0.39, 0.29) is 6.04 Å². The van der Waals surface area contributed by atoms with Crippen LogP contribution in [0, 0.1) is 0 Å². The molecule has 2 aromatic carbocycles. The summed E-state index contributed by atoms with van der Waals surface area (Å²) in [6.45, 7) is 0. The molecule has 1 unspecified atom stereocenters. The van der Waals surface area contributed by atoms with Gasteiger partial charge in [0, 0.05) is 10.7 Å². The number of anilines is 1. The molecule has 4 nitrogen and oxygen atoms in total. The maximum atomic E-state index is 11.2. The summed E-state index contributed by atoms with van der Waals surface area (Å²) in [6, 6.07) is 11.9. The summed E-state index contributed by atoms with van der Waals surface area (Å²) in [5.41, 5.74) is 4.84. The number of benzene rings is 2. The van der Waals surface area contributed by atoms with E-state index in [4.69, 9.17) is 16.0 Å². The molecule has 1 aliphatic carbocycles. The first-order valence-corrected chi connectivity index (χ1v) is 7.24. The van der Waals surface area contributed by atoms with Gasteiger partial charge in [-0.3, -0.25) is 4.98 Å². The fraction of sp³-hybridized carbons (Fsp3) is 0.188. The van der Waals surface area contributed by atoms with E-state index in [0.717, 1.165) is 23.6 Å². The van der Waals surface area contributed by atoms with Crippen molar-refractivity contribution < 1.29 is 4.42 Å². The van der Waals surface area contributed by atoms with E-state index in [0.29, 0.717) is 11.1 Å². The van der Waals surface area contributed by atoms with Crippen LogP contribution in [0.25, 0.3) is 11.1 Å². The van der Waals surface area contributed by atoms with Crippen LogP contribution in [-0.4, -0.2) is 4.98 Å². The Bertz CT molecular complexity index is 881. The number of aryl methyl sites for hydroxylation is 1. The molecule has 0 saturated heterocycles. The van der Waals surface area contributed by atoms with Gasteiger partial charge >= 0.3 is 5.76 Å². The van der Waals surface area contributed by atoms with Crippen molar-refractivity contribution >= 4 is 28.4 Å². The lowest BCUT2D eigenvalue weighted by atomic mass is 10.1. The highest BCUT2D eigenvalue weighted by Gasteiger charge is 2.22. The highest BCUT2D eigenvalue weighted by atomic mass is 35.5. The molecular weight excluding hydrogens is 288 g/mol. The van der Waals surface area contributed by atoms with Crippen LogP contribution in [0.4, 0.5) is 5.69 Å². The van der Waals surface area contributed by atoms with Crippen LogP contribution < -0.4 is 11.1 Å². The Morgan fingerprint density at radius 3 is 3.05 bits per heavy atom. The summed E-state index contributed by atoms with van der Waals surface area (Å²) in [7, 11) is 0. The Labute approximate surface area is 125 Å². The number of aromatic nitrogens is 1. The van der Waals surface area contributed by atoms with Crippen molar-refractivity contribution in [2.45, 2.75) is 18.9 Å². The van der Waals surface area contributed by atoms with E-state index in [2.05, 4.69) is 16.4 Å². The van der Waals surface area contributed by atoms with Crippen LogP contribution in [-0.2, 0) is 6.42 Å². The Balaban J connectivity index is 1.65. The second-order valence-electron chi connectivity index (χ2n) is 5.30. The first-order valence-electron chi connectivity index (χ1n) is 6.87. The number of fused-ring (bicyclic) bond motifs is 2. The molecule has 106 valence electrons. The minimum absolute atomic E-state index is 0.272. The minimum Gasteiger partial charge on any atom is -0.408 e. The average molecular weight is 301 g/mol. The van der Waals surface area contributed by atoms with Gasteiger partial charge in [0.05, 0.1) is 11.6 Å². The Hall–Kier alpha value is -2.20. The highest BCUT2D eigenvalue weighted by molar-refractivity contribution is 6.30. The lowest BCUT2D eigenvalue weighted by Gasteiger charge is -2.15. The van der Waals surface area contributed by atoms with E-state index in [1.54, 1.807) is 6.07 Å². The average Bonchev–Trinajstić information content (AvgIpc) is 3.01. The number of rotatable bonds is 2. The third kappa shape index (κ3) is 2.21. The molecule has 1 atom stereocenters. The fourth-order valence-corrected chi connectivity index (χ4v) is 3.17. The van der Waals surface area contributed by atoms with Gasteiger partial charge in [0.2, 0.25) is 0 Å². The molecular formula is C16H13ClN2O2. The molecule has 0 bridgehead atoms. The Morgan fingerprint density at radius 2 is 2.14 bits per heavy atom. The van der Waals surface area contributed by atoms with E-state index < -0.39 is 5.76 Å². The number of halogens is 1. The van der Waals surface area contributed by atoms with Crippen LogP contribution in [0.1, 0.15) is 23.6 Å². The molecule has 5 heteroatoms.